The maximum atomic E-state index is 12.5. The van der Waals surface area contributed by atoms with Crippen molar-refractivity contribution in [2.24, 2.45) is 11.8 Å². The predicted molar refractivity (Wildman–Crippen MR) is 76.3 cm³/mol. The number of piperidine rings is 1. The van der Waals surface area contributed by atoms with Crippen LogP contribution in [0, 0.1) is 25.7 Å². The molecule has 0 N–H and O–H groups in total. The number of aryl methyl sites for hydroxylation is 2. The number of carbonyl (C=O) groups is 1. The average Bonchev–Trinajstić information content (AvgIpc) is 2.78. The van der Waals surface area contributed by atoms with Gasteiger partial charge in [-0.25, -0.2) is 0 Å². The van der Waals surface area contributed by atoms with Gasteiger partial charge in [0.1, 0.15) is 5.76 Å². The monoisotopic (exact) mass is 276 g/mol. The molecule has 2 unspecified atom stereocenters. The highest BCUT2D eigenvalue weighted by Gasteiger charge is 2.33. The second-order valence-corrected chi connectivity index (χ2v) is 6.41. The van der Waals surface area contributed by atoms with Gasteiger partial charge in [-0.15, -0.1) is 0 Å². The van der Waals surface area contributed by atoms with Gasteiger partial charge in [-0.05, 0) is 38.5 Å². The highest BCUT2D eigenvalue weighted by Crippen LogP contribution is 2.36. The van der Waals surface area contributed by atoms with Crippen molar-refractivity contribution >= 4 is 5.91 Å². The smallest absolute Gasteiger partial charge is 0.227 e. The molecule has 4 nitrogen and oxygen atoms in total. The molecule has 2 atom stereocenters. The second kappa shape index (κ2) is 5.58. The lowest BCUT2D eigenvalue weighted by Crippen LogP contribution is -2.45. The lowest BCUT2D eigenvalue weighted by Gasteiger charge is -2.41. The number of likely N-dealkylation sites (tertiary alicyclic amines) is 1. The third kappa shape index (κ3) is 2.60. The van der Waals surface area contributed by atoms with Crippen molar-refractivity contribution in [1.82, 2.24) is 10.1 Å². The van der Waals surface area contributed by atoms with Crippen LogP contribution in [0.2, 0.25) is 0 Å². The van der Waals surface area contributed by atoms with Gasteiger partial charge in [-0.2, -0.15) is 0 Å². The van der Waals surface area contributed by atoms with E-state index in [-0.39, 0.29) is 5.91 Å². The average molecular weight is 276 g/mol. The van der Waals surface area contributed by atoms with Crippen LogP contribution in [0.1, 0.15) is 49.1 Å². The quantitative estimate of drug-likeness (QED) is 0.834. The van der Waals surface area contributed by atoms with E-state index >= 15 is 0 Å². The maximum absolute atomic E-state index is 12.5. The molecule has 1 amide bonds. The van der Waals surface area contributed by atoms with Crippen molar-refractivity contribution in [3.63, 3.8) is 0 Å². The molecule has 3 rings (SSSR count). The molecule has 2 heterocycles. The summed E-state index contributed by atoms with van der Waals surface area (Å²) in [5, 5.41) is 3.93. The van der Waals surface area contributed by atoms with Crippen LogP contribution < -0.4 is 0 Å². The molecule has 1 aromatic heterocycles. The first-order chi connectivity index (χ1) is 9.65. The zero-order valence-electron chi connectivity index (χ0n) is 12.5. The molecule has 110 valence electrons. The van der Waals surface area contributed by atoms with E-state index in [1.165, 1.54) is 32.1 Å². The minimum absolute atomic E-state index is 0.239. The number of rotatable bonds is 2. The number of hydrogen-bond donors (Lipinski definition) is 0. The van der Waals surface area contributed by atoms with E-state index in [9.17, 15) is 4.79 Å². The lowest BCUT2D eigenvalue weighted by atomic mass is 9.75. The Morgan fingerprint density at radius 1 is 1.25 bits per heavy atom. The summed E-state index contributed by atoms with van der Waals surface area (Å²) in [4.78, 5) is 14.6. The summed E-state index contributed by atoms with van der Waals surface area (Å²) in [6, 6.07) is 0. The number of hydrogen-bond acceptors (Lipinski definition) is 3. The van der Waals surface area contributed by atoms with Crippen LogP contribution in [0.4, 0.5) is 0 Å². The summed E-state index contributed by atoms with van der Waals surface area (Å²) in [7, 11) is 0. The molecule has 0 radical (unpaired) electrons. The fourth-order valence-electron chi connectivity index (χ4n) is 3.84. The van der Waals surface area contributed by atoms with E-state index < -0.39 is 0 Å². The molecule has 1 aliphatic heterocycles. The van der Waals surface area contributed by atoms with Crippen molar-refractivity contribution in [2.45, 2.75) is 52.4 Å². The van der Waals surface area contributed by atoms with Crippen molar-refractivity contribution in [1.29, 1.82) is 0 Å². The summed E-state index contributed by atoms with van der Waals surface area (Å²) in [5.74, 6) is 2.63. The molecule has 2 fully saturated rings. The first-order valence-electron chi connectivity index (χ1n) is 7.84. The number of amides is 1. The SMILES string of the molecule is Cc1noc(C)c1CC(=O)N1CCC2CCCCC2C1. The number of carbonyl (C=O) groups excluding carboxylic acids is 1. The van der Waals surface area contributed by atoms with E-state index in [2.05, 4.69) is 10.1 Å². The Morgan fingerprint density at radius 2 is 2.00 bits per heavy atom. The minimum atomic E-state index is 0.239. The number of aromatic nitrogens is 1. The number of nitrogens with zero attached hydrogens (tertiary/aromatic N) is 2. The van der Waals surface area contributed by atoms with Crippen LogP contribution in [0.3, 0.4) is 0 Å². The van der Waals surface area contributed by atoms with Gasteiger partial charge in [0.2, 0.25) is 5.91 Å². The Balaban J connectivity index is 1.63. The summed E-state index contributed by atoms with van der Waals surface area (Å²) in [6.45, 7) is 5.69. The molecular formula is C16H24N2O2. The molecule has 20 heavy (non-hydrogen) atoms. The van der Waals surface area contributed by atoms with Crippen molar-refractivity contribution in [3.8, 4) is 0 Å². The summed E-state index contributed by atoms with van der Waals surface area (Å²) >= 11 is 0. The molecule has 0 spiro atoms. The van der Waals surface area contributed by atoms with Gasteiger partial charge in [0.25, 0.3) is 0 Å². The Labute approximate surface area is 120 Å². The topological polar surface area (TPSA) is 46.3 Å². The van der Waals surface area contributed by atoms with Crippen LogP contribution in [-0.4, -0.2) is 29.1 Å². The minimum Gasteiger partial charge on any atom is -0.361 e. The second-order valence-electron chi connectivity index (χ2n) is 6.41. The summed E-state index contributed by atoms with van der Waals surface area (Å²) < 4.78 is 5.15. The molecule has 1 aromatic rings. The Bertz CT molecular complexity index is 475. The summed E-state index contributed by atoms with van der Waals surface area (Å²) in [6.07, 6.45) is 7.04. The zero-order chi connectivity index (χ0) is 14.1. The molecule has 2 aliphatic rings. The van der Waals surface area contributed by atoms with Crippen molar-refractivity contribution in [3.05, 3.63) is 17.0 Å². The Morgan fingerprint density at radius 3 is 2.70 bits per heavy atom. The van der Waals surface area contributed by atoms with Crippen LogP contribution >= 0.6 is 0 Å². The van der Waals surface area contributed by atoms with Gasteiger partial charge in [-0.3, -0.25) is 4.79 Å². The third-order valence-electron chi connectivity index (χ3n) is 5.15. The van der Waals surface area contributed by atoms with Gasteiger partial charge in [0.05, 0.1) is 12.1 Å². The molecule has 0 bridgehead atoms. The van der Waals surface area contributed by atoms with Crippen molar-refractivity contribution in [2.75, 3.05) is 13.1 Å². The highest BCUT2D eigenvalue weighted by atomic mass is 16.5. The van der Waals surface area contributed by atoms with Gasteiger partial charge < -0.3 is 9.42 Å². The van der Waals surface area contributed by atoms with Gasteiger partial charge in [0.15, 0.2) is 0 Å². The van der Waals surface area contributed by atoms with Crippen molar-refractivity contribution < 1.29 is 9.32 Å². The number of fused-ring (bicyclic) bond motifs is 1. The highest BCUT2D eigenvalue weighted by molar-refractivity contribution is 5.79. The first kappa shape index (κ1) is 13.7. The fourth-order valence-corrected chi connectivity index (χ4v) is 3.84. The predicted octanol–water partition coefficient (Wildman–Crippen LogP) is 2.87. The van der Waals surface area contributed by atoms with E-state index in [0.717, 1.165) is 41.9 Å². The fraction of sp³-hybridized carbons (Fsp3) is 0.750. The van der Waals surface area contributed by atoms with E-state index in [1.807, 2.05) is 13.8 Å². The zero-order valence-corrected chi connectivity index (χ0v) is 12.5. The molecule has 1 saturated heterocycles. The maximum Gasteiger partial charge on any atom is 0.227 e. The largest absolute Gasteiger partial charge is 0.361 e. The molecule has 0 aromatic carbocycles. The van der Waals surface area contributed by atoms with E-state index in [0.29, 0.717) is 6.42 Å². The van der Waals surface area contributed by atoms with E-state index in [4.69, 9.17) is 4.52 Å². The lowest BCUT2D eigenvalue weighted by molar-refractivity contribution is -0.133. The third-order valence-corrected chi connectivity index (χ3v) is 5.15. The van der Waals surface area contributed by atoms with Gasteiger partial charge in [0, 0.05) is 18.7 Å². The Kier molecular flexibility index (Phi) is 3.81. The van der Waals surface area contributed by atoms with E-state index in [1.54, 1.807) is 0 Å². The standard InChI is InChI=1S/C16H24N2O2/c1-11-15(12(2)20-17-11)9-16(19)18-8-7-13-5-3-4-6-14(13)10-18/h13-14H,3-10H2,1-2H3. The van der Waals surface area contributed by atoms with Crippen LogP contribution in [-0.2, 0) is 11.2 Å². The normalized spacial score (nSPS) is 26.4. The van der Waals surface area contributed by atoms with Crippen LogP contribution in [0.25, 0.3) is 0 Å². The molecule has 1 aliphatic carbocycles. The van der Waals surface area contributed by atoms with Gasteiger partial charge in [-0.1, -0.05) is 24.4 Å². The molecular weight excluding hydrogens is 252 g/mol. The Hall–Kier alpha value is -1.32. The van der Waals surface area contributed by atoms with Gasteiger partial charge >= 0.3 is 0 Å². The van der Waals surface area contributed by atoms with Crippen LogP contribution in [0.15, 0.2) is 4.52 Å². The first-order valence-corrected chi connectivity index (χ1v) is 7.84. The molecule has 1 saturated carbocycles. The molecule has 4 heteroatoms. The van der Waals surface area contributed by atoms with Crippen LogP contribution in [0.5, 0.6) is 0 Å². The summed E-state index contributed by atoms with van der Waals surface area (Å²) in [5.41, 5.74) is 1.82.